The Morgan fingerprint density at radius 3 is 1.79 bits per heavy atom. The molecule has 1 aliphatic rings. The first-order chi connectivity index (χ1) is 15.2. The van der Waals surface area contributed by atoms with E-state index in [4.69, 9.17) is 0 Å². The summed E-state index contributed by atoms with van der Waals surface area (Å²) in [6.45, 7) is 6.35. The van der Waals surface area contributed by atoms with Crippen molar-refractivity contribution in [1.82, 2.24) is 14.9 Å². The first kappa shape index (κ1) is 24.6. The molecule has 3 rings (SSSR count). The minimum atomic E-state index is -5.02. The number of nitrogens with one attached hydrogen (secondary N) is 2. The van der Waals surface area contributed by atoms with E-state index < -0.39 is 35.2 Å². The Bertz CT molecular complexity index is 975. The molecule has 1 saturated heterocycles. The number of rotatable bonds is 3. The molecule has 1 fully saturated rings. The van der Waals surface area contributed by atoms with E-state index in [1.807, 2.05) is 17.3 Å². The molecule has 7 nitrogen and oxygen atoms in total. The SMILES string of the molecule is Cc1nc(N2CCN(C)CC2)nc(C)c1NC(=O)Nc1cc(C(F)(F)F)cc(C(F)(F)F)c1. The van der Waals surface area contributed by atoms with Crippen LogP contribution in [-0.2, 0) is 12.4 Å². The van der Waals surface area contributed by atoms with E-state index in [0.717, 1.165) is 26.2 Å². The first-order valence-electron chi connectivity index (χ1n) is 9.90. The number of carbonyl (C=O) groups excluding carboxylic acids is 1. The van der Waals surface area contributed by atoms with Crippen LogP contribution < -0.4 is 15.5 Å². The molecular weight excluding hydrogens is 454 g/mol. The van der Waals surface area contributed by atoms with Gasteiger partial charge in [0, 0.05) is 31.9 Å². The molecule has 0 spiro atoms. The molecule has 0 saturated carbocycles. The number of urea groups is 1. The number of carbonyl (C=O) groups is 1. The van der Waals surface area contributed by atoms with Crippen LogP contribution >= 0.6 is 0 Å². The van der Waals surface area contributed by atoms with E-state index >= 15 is 0 Å². The molecule has 180 valence electrons. The van der Waals surface area contributed by atoms with Gasteiger partial charge in [-0.1, -0.05) is 0 Å². The van der Waals surface area contributed by atoms with Crippen molar-refractivity contribution in [1.29, 1.82) is 0 Å². The van der Waals surface area contributed by atoms with Gasteiger partial charge in [0.25, 0.3) is 0 Å². The molecule has 0 aliphatic carbocycles. The lowest BCUT2D eigenvalue weighted by molar-refractivity contribution is -0.143. The van der Waals surface area contributed by atoms with Crippen LogP contribution in [0.15, 0.2) is 18.2 Å². The van der Waals surface area contributed by atoms with Gasteiger partial charge in [0.15, 0.2) is 0 Å². The third-order valence-corrected chi connectivity index (χ3v) is 5.13. The number of amides is 2. The van der Waals surface area contributed by atoms with Crippen molar-refractivity contribution in [3.05, 3.63) is 40.7 Å². The number of piperazine rings is 1. The molecule has 2 aromatic rings. The van der Waals surface area contributed by atoms with Gasteiger partial charge < -0.3 is 20.4 Å². The fraction of sp³-hybridized carbons (Fsp3) is 0.450. The predicted octanol–water partition coefficient (Wildman–Crippen LogP) is 4.53. The van der Waals surface area contributed by atoms with Crippen molar-refractivity contribution in [3.63, 3.8) is 0 Å². The van der Waals surface area contributed by atoms with Gasteiger partial charge in [0.05, 0.1) is 28.2 Å². The lowest BCUT2D eigenvalue weighted by Gasteiger charge is -2.32. The third kappa shape index (κ3) is 6.03. The lowest BCUT2D eigenvalue weighted by atomic mass is 10.1. The number of aryl methyl sites for hydroxylation is 2. The second kappa shape index (κ2) is 9.04. The van der Waals surface area contributed by atoms with E-state index in [2.05, 4.69) is 20.2 Å². The number of benzene rings is 1. The van der Waals surface area contributed by atoms with Crippen LogP contribution in [0.1, 0.15) is 22.5 Å². The van der Waals surface area contributed by atoms with Crippen LogP contribution in [0.3, 0.4) is 0 Å². The molecule has 13 heteroatoms. The number of nitrogens with zero attached hydrogens (tertiary/aromatic N) is 4. The molecule has 0 unspecified atom stereocenters. The van der Waals surface area contributed by atoms with Crippen LogP contribution in [0.4, 0.5) is 48.5 Å². The maximum absolute atomic E-state index is 13.0. The summed E-state index contributed by atoms with van der Waals surface area (Å²) in [5.74, 6) is 0.483. The monoisotopic (exact) mass is 476 g/mol. The maximum Gasteiger partial charge on any atom is 0.416 e. The highest BCUT2D eigenvalue weighted by Crippen LogP contribution is 2.37. The molecule has 0 atom stereocenters. The molecule has 0 bridgehead atoms. The summed E-state index contributed by atoms with van der Waals surface area (Å²) in [6, 6.07) is -0.171. The quantitative estimate of drug-likeness (QED) is 0.637. The number of anilines is 3. The lowest BCUT2D eigenvalue weighted by Crippen LogP contribution is -2.45. The molecule has 2 amide bonds. The summed E-state index contributed by atoms with van der Waals surface area (Å²) in [5, 5.41) is 4.45. The highest BCUT2D eigenvalue weighted by Gasteiger charge is 2.37. The standard InChI is InChI=1S/C20H22F6N6O/c1-11-16(12(2)28-17(27-11)32-6-4-31(3)5-7-32)30-18(33)29-15-9-13(19(21,22)23)8-14(10-15)20(24,25)26/h8-10H,4-7H2,1-3H3,(H2,29,30,33). The van der Waals surface area contributed by atoms with E-state index in [0.29, 0.717) is 29.5 Å². The largest absolute Gasteiger partial charge is 0.416 e. The highest BCUT2D eigenvalue weighted by molar-refractivity contribution is 6.00. The zero-order valence-electron chi connectivity index (χ0n) is 18.0. The number of halogens is 6. The smallest absolute Gasteiger partial charge is 0.338 e. The highest BCUT2D eigenvalue weighted by atomic mass is 19.4. The van der Waals surface area contributed by atoms with Crippen molar-refractivity contribution in [2.75, 3.05) is 48.8 Å². The molecule has 33 heavy (non-hydrogen) atoms. The van der Waals surface area contributed by atoms with Gasteiger partial charge in [-0.2, -0.15) is 26.3 Å². The summed E-state index contributed by atoms with van der Waals surface area (Å²) in [5.41, 5.74) is -2.67. The van der Waals surface area contributed by atoms with Gasteiger partial charge >= 0.3 is 18.4 Å². The molecule has 2 heterocycles. The zero-order chi connectivity index (χ0) is 24.6. The van der Waals surface area contributed by atoms with Crippen molar-refractivity contribution in [2.24, 2.45) is 0 Å². The van der Waals surface area contributed by atoms with Gasteiger partial charge in [-0.25, -0.2) is 14.8 Å². The summed E-state index contributed by atoms with van der Waals surface area (Å²) in [4.78, 5) is 25.3. The van der Waals surface area contributed by atoms with Gasteiger partial charge in [0.1, 0.15) is 0 Å². The van der Waals surface area contributed by atoms with Crippen LogP contribution in [0.2, 0.25) is 0 Å². The Morgan fingerprint density at radius 1 is 0.848 bits per heavy atom. The number of hydrogen-bond donors (Lipinski definition) is 2. The average molecular weight is 476 g/mol. The van der Waals surface area contributed by atoms with Crippen LogP contribution in [0.25, 0.3) is 0 Å². The predicted molar refractivity (Wildman–Crippen MR) is 110 cm³/mol. The second-order valence-corrected chi connectivity index (χ2v) is 7.73. The molecule has 1 aromatic heterocycles. The van der Waals surface area contributed by atoms with Crippen molar-refractivity contribution in [3.8, 4) is 0 Å². The van der Waals surface area contributed by atoms with E-state index in [9.17, 15) is 31.1 Å². The fourth-order valence-corrected chi connectivity index (χ4v) is 3.33. The number of alkyl halides is 6. The van der Waals surface area contributed by atoms with Gasteiger partial charge in [-0.05, 0) is 39.1 Å². The average Bonchev–Trinajstić information content (AvgIpc) is 2.69. The normalized spacial score (nSPS) is 15.5. The summed E-state index contributed by atoms with van der Waals surface area (Å²) in [7, 11) is 2.00. The molecule has 2 N–H and O–H groups in total. The van der Waals surface area contributed by atoms with Gasteiger partial charge in [0.2, 0.25) is 5.95 Å². The molecular formula is C20H22F6N6O. The second-order valence-electron chi connectivity index (χ2n) is 7.73. The van der Waals surface area contributed by atoms with Crippen molar-refractivity contribution >= 4 is 23.4 Å². The Balaban J connectivity index is 1.79. The molecule has 0 radical (unpaired) electrons. The van der Waals surface area contributed by atoms with Gasteiger partial charge in [-0.15, -0.1) is 0 Å². The minimum absolute atomic E-state index is 0.0116. The maximum atomic E-state index is 13.0. The first-order valence-corrected chi connectivity index (χ1v) is 9.90. The molecule has 1 aliphatic heterocycles. The Morgan fingerprint density at radius 2 is 1.33 bits per heavy atom. The van der Waals surface area contributed by atoms with Crippen molar-refractivity contribution in [2.45, 2.75) is 26.2 Å². The van der Waals surface area contributed by atoms with Crippen LogP contribution in [-0.4, -0.2) is 54.1 Å². The summed E-state index contributed by atoms with van der Waals surface area (Å²) < 4.78 is 78.1. The number of hydrogen-bond acceptors (Lipinski definition) is 5. The fourth-order valence-electron chi connectivity index (χ4n) is 3.33. The van der Waals surface area contributed by atoms with Gasteiger partial charge in [-0.3, -0.25) is 0 Å². The van der Waals surface area contributed by atoms with E-state index in [1.54, 1.807) is 13.8 Å². The summed E-state index contributed by atoms with van der Waals surface area (Å²) >= 11 is 0. The Kier molecular flexibility index (Phi) is 6.73. The minimum Gasteiger partial charge on any atom is -0.338 e. The summed E-state index contributed by atoms with van der Waals surface area (Å²) in [6.07, 6.45) is -10.0. The zero-order valence-corrected chi connectivity index (χ0v) is 18.0. The number of aromatic nitrogens is 2. The third-order valence-electron chi connectivity index (χ3n) is 5.13. The Hall–Kier alpha value is -3.09. The van der Waals surface area contributed by atoms with Crippen molar-refractivity contribution < 1.29 is 31.1 Å². The van der Waals surface area contributed by atoms with E-state index in [1.165, 1.54) is 0 Å². The Labute approximate surface area is 185 Å². The number of likely N-dealkylation sites (N-methyl/N-ethyl adjacent to an activating group) is 1. The topological polar surface area (TPSA) is 73.4 Å². The molecule has 1 aromatic carbocycles. The van der Waals surface area contributed by atoms with Crippen LogP contribution in [0, 0.1) is 13.8 Å². The van der Waals surface area contributed by atoms with E-state index in [-0.39, 0.29) is 11.8 Å². The van der Waals surface area contributed by atoms with Crippen LogP contribution in [0.5, 0.6) is 0 Å².